The third-order valence-corrected chi connectivity index (χ3v) is 5.50. The van der Waals surface area contributed by atoms with Crippen molar-refractivity contribution in [3.05, 3.63) is 0 Å². The van der Waals surface area contributed by atoms with Gasteiger partial charge in [-0.3, -0.25) is 9.59 Å². The molecule has 0 rings (SSSR count). The Hall–Kier alpha value is -1.14. The number of carboxylic acids is 1. The molecule has 0 aliphatic rings. The topological polar surface area (TPSA) is 98.1 Å². The molecule has 0 spiro atoms. The maximum Gasteiger partial charge on any atom is 0.318 e. The number of carbonyl (C=O) groups is 2. The van der Waals surface area contributed by atoms with Crippen molar-refractivity contribution in [3.63, 3.8) is 0 Å². The van der Waals surface area contributed by atoms with Crippen LogP contribution in [0, 0.1) is 5.41 Å². The summed E-state index contributed by atoms with van der Waals surface area (Å²) in [6.07, 6.45) is 14.6. The standard InChI is InChI=1S/C22H43NO5/c1-3-4-5-6-7-8-9-10-11-12-13-14-15-22(2,21(27)28)20(26)23(16-18-24)17-19-25/h24-25H,3-19H2,1-2H3,(H,27,28). The molecule has 28 heavy (non-hydrogen) atoms. The van der Waals surface area contributed by atoms with Gasteiger partial charge in [-0.2, -0.15) is 0 Å². The van der Waals surface area contributed by atoms with Crippen molar-refractivity contribution in [2.45, 2.75) is 97.3 Å². The Morgan fingerprint density at radius 1 is 0.750 bits per heavy atom. The van der Waals surface area contributed by atoms with E-state index in [9.17, 15) is 14.7 Å². The van der Waals surface area contributed by atoms with E-state index in [0.717, 1.165) is 19.3 Å². The number of aliphatic carboxylic acids is 1. The molecule has 6 nitrogen and oxygen atoms in total. The number of unbranched alkanes of at least 4 members (excludes halogenated alkanes) is 11. The minimum absolute atomic E-state index is 0.0424. The molecular weight excluding hydrogens is 358 g/mol. The van der Waals surface area contributed by atoms with E-state index in [1.54, 1.807) is 0 Å². The molecule has 0 saturated carbocycles. The van der Waals surface area contributed by atoms with Gasteiger partial charge in [-0.15, -0.1) is 0 Å². The lowest BCUT2D eigenvalue weighted by atomic mass is 9.83. The summed E-state index contributed by atoms with van der Waals surface area (Å²) < 4.78 is 0. The fraction of sp³-hybridized carbons (Fsp3) is 0.909. The summed E-state index contributed by atoms with van der Waals surface area (Å²) in [5.41, 5.74) is -1.50. The Bertz CT molecular complexity index is 410. The predicted molar refractivity (Wildman–Crippen MR) is 112 cm³/mol. The number of nitrogens with zero attached hydrogens (tertiary/aromatic N) is 1. The average Bonchev–Trinajstić information content (AvgIpc) is 2.67. The molecule has 0 fully saturated rings. The van der Waals surface area contributed by atoms with Gasteiger partial charge in [-0.05, 0) is 13.3 Å². The van der Waals surface area contributed by atoms with Crippen molar-refractivity contribution in [2.24, 2.45) is 5.41 Å². The van der Waals surface area contributed by atoms with Gasteiger partial charge in [0.15, 0.2) is 0 Å². The lowest BCUT2D eigenvalue weighted by Crippen LogP contribution is -2.48. The predicted octanol–water partition coefficient (Wildman–Crippen LogP) is 3.98. The molecule has 0 aliphatic carbocycles. The van der Waals surface area contributed by atoms with Gasteiger partial charge in [-0.25, -0.2) is 0 Å². The molecule has 6 heteroatoms. The SMILES string of the molecule is CCCCCCCCCCCCCCC(C)(C(=O)O)C(=O)N(CCO)CCO. The van der Waals surface area contributed by atoms with Crippen LogP contribution in [0.5, 0.6) is 0 Å². The van der Waals surface area contributed by atoms with Crippen molar-refractivity contribution in [2.75, 3.05) is 26.3 Å². The number of carbonyl (C=O) groups excluding carboxylic acids is 1. The number of hydrogen-bond acceptors (Lipinski definition) is 4. The summed E-state index contributed by atoms with van der Waals surface area (Å²) >= 11 is 0. The molecule has 1 atom stereocenters. The molecule has 0 aromatic heterocycles. The van der Waals surface area contributed by atoms with Gasteiger partial charge in [0, 0.05) is 13.1 Å². The lowest BCUT2D eigenvalue weighted by molar-refractivity contribution is -0.160. The molecule has 0 heterocycles. The van der Waals surface area contributed by atoms with Crippen LogP contribution >= 0.6 is 0 Å². The molecule has 0 bridgehead atoms. The van der Waals surface area contributed by atoms with Crippen LogP contribution in [0.3, 0.4) is 0 Å². The van der Waals surface area contributed by atoms with Crippen LogP contribution in [0.25, 0.3) is 0 Å². The van der Waals surface area contributed by atoms with E-state index in [2.05, 4.69) is 6.92 Å². The largest absolute Gasteiger partial charge is 0.480 e. The summed E-state index contributed by atoms with van der Waals surface area (Å²) in [5, 5.41) is 27.8. The van der Waals surface area contributed by atoms with Crippen LogP contribution in [0.2, 0.25) is 0 Å². The highest BCUT2D eigenvalue weighted by molar-refractivity contribution is 6.01. The van der Waals surface area contributed by atoms with Crippen molar-refractivity contribution < 1.29 is 24.9 Å². The molecule has 0 aliphatic heterocycles. The zero-order chi connectivity index (χ0) is 21.3. The molecule has 3 N–H and O–H groups in total. The Kier molecular flexibility index (Phi) is 16.1. The first-order valence-electron chi connectivity index (χ1n) is 11.2. The minimum atomic E-state index is -1.50. The number of amides is 1. The summed E-state index contributed by atoms with van der Waals surface area (Å²) in [5.74, 6) is -1.66. The highest BCUT2D eigenvalue weighted by atomic mass is 16.4. The number of rotatable bonds is 19. The first-order chi connectivity index (χ1) is 13.4. The number of hydrogen-bond donors (Lipinski definition) is 3. The summed E-state index contributed by atoms with van der Waals surface area (Å²) in [7, 11) is 0. The Morgan fingerprint density at radius 2 is 1.14 bits per heavy atom. The molecule has 166 valence electrons. The van der Waals surface area contributed by atoms with E-state index >= 15 is 0 Å². The van der Waals surface area contributed by atoms with E-state index in [0.29, 0.717) is 6.42 Å². The Labute approximate surface area is 171 Å². The third-order valence-electron chi connectivity index (χ3n) is 5.50. The number of carboxylic acid groups (broad SMARTS) is 1. The van der Waals surface area contributed by atoms with Gasteiger partial charge in [0.1, 0.15) is 5.41 Å². The lowest BCUT2D eigenvalue weighted by Gasteiger charge is -2.31. The van der Waals surface area contributed by atoms with Crippen LogP contribution < -0.4 is 0 Å². The Morgan fingerprint density at radius 3 is 1.50 bits per heavy atom. The maximum atomic E-state index is 12.6. The molecular formula is C22H43NO5. The van der Waals surface area contributed by atoms with Crippen LogP contribution in [0.1, 0.15) is 97.3 Å². The zero-order valence-corrected chi connectivity index (χ0v) is 18.1. The molecule has 1 amide bonds. The summed E-state index contributed by atoms with van der Waals surface area (Å²) in [6.45, 7) is 3.27. The summed E-state index contributed by atoms with van der Waals surface area (Å²) in [6, 6.07) is 0. The first kappa shape index (κ1) is 26.9. The van der Waals surface area contributed by atoms with Crippen molar-refractivity contribution in [1.82, 2.24) is 4.90 Å². The second-order valence-corrected chi connectivity index (χ2v) is 8.02. The van der Waals surface area contributed by atoms with E-state index in [4.69, 9.17) is 10.2 Å². The molecule has 1 unspecified atom stereocenters. The van der Waals surface area contributed by atoms with Crippen molar-refractivity contribution in [3.8, 4) is 0 Å². The van der Waals surface area contributed by atoms with Gasteiger partial charge in [0.25, 0.3) is 0 Å². The minimum Gasteiger partial charge on any atom is -0.480 e. The highest BCUT2D eigenvalue weighted by Crippen LogP contribution is 2.28. The Balaban J connectivity index is 4.09. The van der Waals surface area contributed by atoms with E-state index in [1.165, 1.54) is 63.2 Å². The van der Waals surface area contributed by atoms with Crippen molar-refractivity contribution in [1.29, 1.82) is 0 Å². The molecule has 0 aromatic rings. The van der Waals surface area contributed by atoms with Crippen molar-refractivity contribution >= 4 is 11.9 Å². The van der Waals surface area contributed by atoms with Crippen LogP contribution in [-0.4, -0.2) is 58.4 Å². The van der Waals surface area contributed by atoms with Crippen LogP contribution in [-0.2, 0) is 9.59 Å². The second-order valence-electron chi connectivity index (χ2n) is 8.02. The highest BCUT2D eigenvalue weighted by Gasteiger charge is 2.43. The fourth-order valence-electron chi connectivity index (χ4n) is 3.53. The number of aliphatic hydroxyl groups is 2. The van der Waals surface area contributed by atoms with Gasteiger partial charge < -0.3 is 20.2 Å². The van der Waals surface area contributed by atoms with Crippen LogP contribution in [0.15, 0.2) is 0 Å². The molecule has 0 radical (unpaired) electrons. The monoisotopic (exact) mass is 401 g/mol. The second kappa shape index (κ2) is 16.8. The van der Waals surface area contributed by atoms with Gasteiger partial charge in [0.2, 0.25) is 5.91 Å². The fourth-order valence-corrected chi connectivity index (χ4v) is 3.53. The summed E-state index contributed by atoms with van der Waals surface area (Å²) in [4.78, 5) is 25.6. The quantitative estimate of drug-likeness (QED) is 0.225. The maximum absolute atomic E-state index is 12.6. The normalized spacial score (nSPS) is 13.3. The first-order valence-corrected chi connectivity index (χ1v) is 11.2. The van der Waals surface area contributed by atoms with Gasteiger partial charge in [-0.1, -0.05) is 84.0 Å². The third kappa shape index (κ3) is 11.0. The van der Waals surface area contributed by atoms with Crippen LogP contribution in [0.4, 0.5) is 0 Å². The van der Waals surface area contributed by atoms with Gasteiger partial charge in [0.05, 0.1) is 13.2 Å². The van der Waals surface area contributed by atoms with E-state index in [1.807, 2.05) is 0 Å². The van der Waals surface area contributed by atoms with E-state index < -0.39 is 17.3 Å². The van der Waals surface area contributed by atoms with Gasteiger partial charge >= 0.3 is 5.97 Å². The molecule has 0 aromatic carbocycles. The zero-order valence-electron chi connectivity index (χ0n) is 18.1. The van der Waals surface area contributed by atoms with E-state index in [-0.39, 0.29) is 32.7 Å². The smallest absolute Gasteiger partial charge is 0.318 e. The number of aliphatic hydroxyl groups excluding tert-OH is 2. The molecule has 0 saturated heterocycles. The average molecular weight is 402 g/mol.